The molecule has 9 nitrogen and oxygen atoms in total. The van der Waals surface area contributed by atoms with E-state index >= 15 is 0 Å². The first-order chi connectivity index (χ1) is 13.0. The third-order valence-electron chi connectivity index (χ3n) is 5.65. The first kappa shape index (κ1) is 18.0. The molecule has 1 aromatic heterocycles. The van der Waals surface area contributed by atoms with Gasteiger partial charge in [-0.15, -0.1) is 0 Å². The van der Waals surface area contributed by atoms with Gasteiger partial charge < -0.3 is 29.5 Å². The minimum Gasteiger partial charge on any atom is -0.466 e. The van der Waals surface area contributed by atoms with E-state index in [1.165, 1.54) is 22.1 Å². The Bertz CT molecular complexity index is 715. The molecule has 2 atom stereocenters. The number of furan rings is 1. The fourth-order valence-corrected chi connectivity index (χ4v) is 4.11. The molecule has 0 spiro atoms. The Kier molecular flexibility index (Phi) is 4.88. The predicted molar refractivity (Wildman–Crippen MR) is 93.1 cm³/mol. The highest BCUT2D eigenvalue weighted by molar-refractivity contribution is 5.94. The monoisotopic (exact) mass is 376 g/mol. The number of piperidine rings is 1. The third kappa shape index (κ3) is 3.44. The van der Waals surface area contributed by atoms with Gasteiger partial charge in [0.05, 0.1) is 12.8 Å². The molecule has 0 saturated carbocycles. The highest BCUT2D eigenvalue weighted by Crippen LogP contribution is 2.27. The summed E-state index contributed by atoms with van der Waals surface area (Å²) < 4.78 is 5.11. The minimum absolute atomic E-state index is 0.0188. The van der Waals surface area contributed by atoms with Gasteiger partial charge in [0.25, 0.3) is 5.91 Å². The van der Waals surface area contributed by atoms with Crippen molar-refractivity contribution in [2.24, 2.45) is 5.92 Å². The number of hydrogen-bond acceptors (Lipinski definition) is 6. The SMILES string of the molecule is O=C1CN2C(=O)CN(C(=O)C(O)c3ccco3)C2CN1CC1CCNCC1. The van der Waals surface area contributed by atoms with E-state index in [4.69, 9.17) is 4.42 Å². The van der Waals surface area contributed by atoms with Gasteiger partial charge in [-0.2, -0.15) is 0 Å². The second-order valence-corrected chi connectivity index (χ2v) is 7.38. The number of rotatable bonds is 4. The summed E-state index contributed by atoms with van der Waals surface area (Å²) in [6, 6.07) is 3.11. The maximum atomic E-state index is 12.7. The number of aliphatic hydroxyl groups excluding tert-OH is 1. The summed E-state index contributed by atoms with van der Waals surface area (Å²) in [7, 11) is 0. The zero-order chi connectivity index (χ0) is 19.0. The average Bonchev–Trinajstić information content (AvgIpc) is 3.31. The fraction of sp³-hybridized carbons (Fsp3) is 0.611. The molecule has 3 saturated heterocycles. The number of fused-ring (bicyclic) bond motifs is 1. The van der Waals surface area contributed by atoms with Crippen LogP contribution in [0, 0.1) is 5.92 Å². The van der Waals surface area contributed by atoms with Crippen LogP contribution in [-0.2, 0) is 14.4 Å². The maximum absolute atomic E-state index is 12.7. The van der Waals surface area contributed by atoms with E-state index in [1.807, 2.05) is 0 Å². The lowest BCUT2D eigenvalue weighted by Gasteiger charge is -2.41. The molecule has 4 rings (SSSR count). The first-order valence-electron chi connectivity index (χ1n) is 9.34. The van der Waals surface area contributed by atoms with Crippen molar-refractivity contribution >= 4 is 17.7 Å². The Hall–Kier alpha value is -2.39. The van der Waals surface area contributed by atoms with E-state index in [0.717, 1.165) is 25.9 Å². The van der Waals surface area contributed by atoms with E-state index in [2.05, 4.69) is 5.32 Å². The molecule has 2 unspecified atom stereocenters. The van der Waals surface area contributed by atoms with Crippen LogP contribution in [0.2, 0.25) is 0 Å². The number of carbonyl (C=O) groups excluding carboxylic acids is 3. The summed E-state index contributed by atoms with van der Waals surface area (Å²) in [6.07, 6.45) is 1.42. The number of nitrogens with one attached hydrogen (secondary N) is 1. The number of carbonyl (C=O) groups is 3. The second kappa shape index (κ2) is 7.32. The number of aliphatic hydroxyl groups is 1. The molecule has 1 aromatic rings. The van der Waals surface area contributed by atoms with Gasteiger partial charge in [-0.3, -0.25) is 14.4 Å². The predicted octanol–water partition coefficient (Wildman–Crippen LogP) is -0.848. The molecule has 2 N–H and O–H groups in total. The van der Waals surface area contributed by atoms with Crippen molar-refractivity contribution < 1.29 is 23.9 Å². The number of amides is 3. The maximum Gasteiger partial charge on any atom is 0.261 e. The van der Waals surface area contributed by atoms with Crippen molar-refractivity contribution in [2.45, 2.75) is 25.1 Å². The smallest absolute Gasteiger partial charge is 0.261 e. The summed E-state index contributed by atoms with van der Waals surface area (Å²) in [4.78, 5) is 42.1. The van der Waals surface area contributed by atoms with Crippen LogP contribution in [0.4, 0.5) is 0 Å². The van der Waals surface area contributed by atoms with Crippen LogP contribution in [0.25, 0.3) is 0 Å². The molecule has 0 aromatic carbocycles. The van der Waals surface area contributed by atoms with Gasteiger partial charge in [-0.1, -0.05) is 0 Å². The molecule has 3 aliphatic heterocycles. The summed E-state index contributed by atoms with van der Waals surface area (Å²) in [5.41, 5.74) is 0. The third-order valence-corrected chi connectivity index (χ3v) is 5.65. The van der Waals surface area contributed by atoms with E-state index in [9.17, 15) is 19.5 Å². The van der Waals surface area contributed by atoms with Crippen LogP contribution in [0.1, 0.15) is 24.7 Å². The highest BCUT2D eigenvalue weighted by Gasteiger charge is 2.47. The molecule has 4 heterocycles. The topological polar surface area (TPSA) is 106 Å². The average molecular weight is 376 g/mol. The van der Waals surface area contributed by atoms with Gasteiger partial charge in [-0.05, 0) is 44.0 Å². The molecule has 0 bridgehead atoms. The van der Waals surface area contributed by atoms with E-state index in [0.29, 0.717) is 12.5 Å². The van der Waals surface area contributed by atoms with E-state index < -0.39 is 18.2 Å². The van der Waals surface area contributed by atoms with Crippen molar-refractivity contribution in [2.75, 3.05) is 39.3 Å². The summed E-state index contributed by atoms with van der Waals surface area (Å²) in [6.45, 7) is 2.67. The Morgan fingerprint density at radius 2 is 2.04 bits per heavy atom. The standard InChI is InChI=1S/C18H24N4O5/c23-15-10-21-14(9-20(15)8-12-3-5-19-6-4-12)22(11-16(21)24)18(26)17(25)13-2-1-7-27-13/h1-2,7,12,14,17,19,25H,3-6,8-11H2. The molecule has 146 valence electrons. The number of nitrogens with zero attached hydrogens (tertiary/aromatic N) is 3. The number of piperazine rings is 1. The molecule has 3 aliphatic rings. The Morgan fingerprint density at radius 1 is 1.26 bits per heavy atom. The van der Waals surface area contributed by atoms with Crippen molar-refractivity contribution in [3.63, 3.8) is 0 Å². The lowest BCUT2D eigenvalue weighted by atomic mass is 9.97. The summed E-state index contributed by atoms with van der Waals surface area (Å²) in [5, 5.41) is 13.6. The van der Waals surface area contributed by atoms with E-state index in [1.54, 1.807) is 11.0 Å². The molecule has 9 heteroatoms. The summed E-state index contributed by atoms with van der Waals surface area (Å²) >= 11 is 0. The number of hydrogen-bond donors (Lipinski definition) is 2. The molecular weight excluding hydrogens is 352 g/mol. The molecule has 0 aliphatic carbocycles. The molecule has 0 radical (unpaired) electrons. The van der Waals surface area contributed by atoms with Crippen LogP contribution < -0.4 is 5.32 Å². The van der Waals surface area contributed by atoms with Crippen molar-refractivity contribution in [1.82, 2.24) is 20.0 Å². The van der Waals surface area contributed by atoms with Gasteiger partial charge in [0.1, 0.15) is 25.0 Å². The van der Waals surface area contributed by atoms with Crippen LogP contribution in [0.3, 0.4) is 0 Å². The Balaban J connectivity index is 1.47. The lowest BCUT2D eigenvalue weighted by Crippen LogP contribution is -2.60. The lowest BCUT2D eigenvalue weighted by molar-refractivity contribution is -0.152. The minimum atomic E-state index is -1.46. The van der Waals surface area contributed by atoms with Crippen LogP contribution >= 0.6 is 0 Å². The molecule has 27 heavy (non-hydrogen) atoms. The van der Waals surface area contributed by atoms with Crippen LogP contribution in [0.5, 0.6) is 0 Å². The Labute approximate surface area is 156 Å². The fourth-order valence-electron chi connectivity index (χ4n) is 4.11. The van der Waals surface area contributed by atoms with Gasteiger partial charge in [0.15, 0.2) is 6.10 Å². The molecular formula is C18H24N4O5. The quantitative estimate of drug-likeness (QED) is 0.709. The van der Waals surface area contributed by atoms with Gasteiger partial charge >= 0.3 is 0 Å². The van der Waals surface area contributed by atoms with Crippen LogP contribution in [-0.4, -0.2) is 83.0 Å². The van der Waals surface area contributed by atoms with Crippen molar-refractivity contribution in [1.29, 1.82) is 0 Å². The molecule has 3 amide bonds. The molecule has 3 fully saturated rings. The van der Waals surface area contributed by atoms with Crippen molar-refractivity contribution in [3.8, 4) is 0 Å². The van der Waals surface area contributed by atoms with Crippen LogP contribution in [0.15, 0.2) is 22.8 Å². The first-order valence-corrected chi connectivity index (χ1v) is 9.34. The second-order valence-electron chi connectivity index (χ2n) is 7.38. The highest BCUT2D eigenvalue weighted by atomic mass is 16.4. The van der Waals surface area contributed by atoms with Crippen molar-refractivity contribution in [3.05, 3.63) is 24.2 Å². The van der Waals surface area contributed by atoms with Gasteiger partial charge in [-0.25, -0.2) is 0 Å². The Morgan fingerprint density at radius 3 is 2.74 bits per heavy atom. The van der Waals surface area contributed by atoms with Gasteiger partial charge in [0, 0.05) is 6.54 Å². The van der Waals surface area contributed by atoms with E-state index in [-0.39, 0.29) is 37.2 Å². The van der Waals surface area contributed by atoms with Gasteiger partial charge in [0.2, 0.25) is 11.8 Å². The normalized spacial score (nSPS) is 25.1. The largest absolute Gasteiger partial charge is 0.466 e. The zero-order valence-electron chi connectivity index (χ0n) is 15.0. The summed E-state index contributed by atoms with van der Waals surface area (Å²) in [5.74, 6) is -0.364. The zero-order valence-corrected chi connectivity index (χ0v) is 15.0.